The first kappa shape index (κ1) is 11.4. The lowest BCUT2D eigenvalue weighted by Gasteiger charge is -1.97. The Morgan fingerprint density at radius 2 is 2.33 bits per heavy atom. The topological polar surface area (TPSA) is 79.3 Å². The van der Waals surface area contributed by atoms with E-state index in [1.54, 1.807) is 6.20 Å². The number of nitrogens with zero attached hydrogens (tertiary/aromatic N) is 1. The third-order valence-corrected chi connectivity index (χ3v) is 2.40. The van der Waals surface area contributed by atoms with Crippen molar-refractivity contribution in [3.63, 3.8) is 0 Å². The fourth-order valence-corrected chi connectivity index (χ4v) is 1.60. The number of hydrogen-bond donors (Lipinski definition) is 2. The zero-order chi connectivity index (χ0) is 11.3. The lowest BCUT2D eigenvalue weighted by Crippen LogP contribution is -2.19. The van der Waals surface area contributed by atoms with Crippen molar-refractivity contribution in [2.45, 2.75) is 13.5 Å². The molecule has 2 N–H and O–H groups in total. The molecule has 0 radical (unpaired) electrons. The summed E-state index contributed by atoms with van der Waals surface area (Å²) in [6.07, 6.45) is 3.46. The van der Waals surface area contributed by atoms with Gasteiger partial charge in [-0.15, -0.1) is 11.3 Å². The zero-order valence-corrected chi connectivity index (χ0v) is 8.87. The molecule has 1 aromatic rings. The van der Waals surface area contributed by atoms with Crippen LogP contribution in [-0.2, 0) is 16.1 Å². The Bertz CT molecular complexity index is 398. The van der Waals surface area contributed by atoms with E-state index in [-0.39, 0.29) is 0 Å². The maximum absolute atomic E-state index is 11.1. The Labute approximate surface area is 90.5 Å². The van der Waals surface area contributed by atoms with Crippen LogP contribution in [0, 0.1) is 6.92 Å². The normalized spacial score (nSPS) is 10.5. The molecule has 0 aliphatic heterocycles. The van der Waals surface area contributed by atoms with Gasteiger partial charge in [-0.3, -0.25) is 4.79 Å². The van der Waals surface area contributed by atoms with Crippen LogP contribution in [0.15, 0.2) is 18.3 Å². The van der Waals surface area contributed by atoms with E-state index in [1.165, 1.54) is 11.3 Å². The maximum atomic E-state index is 11.1. The SMILES string of the molecule is Cc1ncc(CNC(=O)C=CC(=O)O)s1. The van der Waals surface area contributed by atoms with Gasteiger partial charge >= 0.3 is 5.97 Å². The number of carbonyl (C=O) groups excluding carboxylic acids is 1. The van der Waals surface area contributed by atoms with Crippen molar-refractivity contribution in [2.75, 3.05) is 0 Å². The molecular formula is C9H10N2O3S. The van der Waals surface area contributed by atoms with Crippen molar-refractivity contribution in [1.29, 1.82) is 0 Å². The number of aromatic nitrogens is 1. The van der Waals surface area contributed by atoms with Crippen LogP contribution in [0.25, 0.3) is 0 Å². The monoisotopic (exact) mass is 226 g/mol. The molecular weight excluding hydrogens is 216 g/mol. The summed E-state index contributed by atoms with van der Waals surface area (Å²) >= 11 is 1.49. The molecule has 0 atom stereocenters. The standard InChI is InChI=1S/C9H10N2O3S/c1-6-10-4-7(15-6)5-11-8(12)2-3-9(13)14/h2-4H,5H2,1H3,(H,11,12)(H,13,14). The average Bonchev–Trinajstić information content (AvgIpc) is 2.58. The molecule has 0 bridgehead atoms. The molecule has 15 heavy (non-hydrogen) atoms. The van der Waals surface area contributed by atoms with Gasteiger partial charge in [0, 0.05) is 23.2 Å². The second kappa shape index (κ2) is 5.26. The Morgan fingerprint density at radius 1 is 1.60 bits per heavy atom. The van der Waals surface area contributed by atoms with Gasteiger partial charge in [0.15, 0.2) is 0 Å². The summed E-state index contributed by atoms with van der Waals surface area (Å²) in [5.41, 5.74) is 0. The van der Waals surface area contributed by atoms with Crippen molar-refractivity contribution in [3.05, 3.63) is 28.2 Å². The number of rotatable bonds is 4. The minimum atomic E-state index is -1.14. The Morgan fingerprint density at radius 3 is 2.87 bits per heavy atom. The Balaban J connectivity index is 2.37. The van der Waals surface area contributed by atoms with Crippen LogP contribution in [0.3, 0.4) is 0 Å². The summed E-state index contributed by atoms with van der Waals surface area (Å²) in [6, 6.07) is 0. The first-order chi connectivity index (χ1) is 7.08. The molecule has 0 fully saturated rings. The molecule has 1 aromatic heterocycles. The Hall–Kier alpha value is -1.69. The average molecular weight is 226 g/mol. The molecule has 0 spiro atoms. The van der Waals surface area contributed by atoms with Crippen molar-refractivity contribution in [3.8, 4) is 0 Å². The minimum absolute atomic E-state index is 0.369. The summed E-state index contributed by atoms with van der Waals surface area (Å²) < 4.78 is 0. The number of aliphatic carboxylic acids is 1. The van der Waals surface area contributed by atoms with E-state index in [2.05, 4.69) is 10.3 Å². The van der Waals surface area contributed by atoms with Gasteiger partial charge in [0.25, 0.3) is 0 Å². The third-order valence-electron chi connectivity index (χ3n) is 1.48. The fourth-order valence-electron chi connectivity index (χ4n) is 0.867. The molecule has 0 saturated carbocycles. The minimum Gasteiger partial charge on any atom is -0.478 e. The van der Waals surface area contributed by atoms with Gasteiger partial charge in [0.2, 0.25) is 5.91 Å². The van der Waals surface area contributed by atoms with Crippen LogP contribution in [0.1, 0.15) is 9.88 Å². The van der Waals surface area contributed by atoms with Crippen LogP contribution < -0.4 is 5.32 Å². The molecule has 1 rings (SSSR count). The van der Waals surface area contributed by atoms with E-state index in [9.17, 15) is 9.59 Å². The number of nitrogens with one attached hydrogen (secondary N) is 1. The molecule has 0 saturated heterocycles. The van der Waals surface area contributed by atoms with Gasteiger partial charge in [-0.2, -0.15) is 0 Å². The van der Waals surface area contributed by atoms with Crippen LogP contribution in [-0.4, -0.2) is 22.0 Å². The molecule has 0 aromatic carbocycles. The number of hydrogen-bond acceptors (Lipinski definition) is 4. The number of carbonyl (C=O) groups is 2. The highest BCUT2D eigenvalue weighted by Crippen LogP contribution is 2.10. The van der Waals surface area contributed by atoms with E-state index in [1.807, 2.05) is 6.92 Å². The van der Waals surface area contributed by atoms with E-state index in [4.69, 9.17) is 5.11 Å². The summed E-state index contributed by atoms with van der Waals surface area (Å²) in [4.78, 5) is 26.1. The largest absolute Gasteiger partial charge is 0.478 e. The predicted octanol–water partition coefficient (Wildman–Crippen LogP) is 0.709. The Kier molecular flexibility index (Phi) is 3.99. The summed E-state index contributed by atoms with van der Waals surface area (Å²) in [7, 11) is 0. The van der Waals surface area contributed by atoms with Crippen molar-refractivity contribution >= 4 is 23.2 Å². The molecule has 0 aliphatic rings. The number of amides is 1. The van der Waals surface area contributed by atoms with Gasteiger partial charge in [-0.25, -0.2) is 9.78 Å². The molecule has 80 valence electrons. The zero-order valence-electron chi connectivity index (χ0n) is 8.06. The second-order valence-corrected chi connectivity index (χ2v) is 4.05. The predicted molar refractivity (Wildman–Crippen MR) is 55.5 cm³/mol. The van der Waals surface area contributed by atoms with Crippen molar-refractivity contribution < 1.29 is 14.7 Å². The van der Waals surface area contributed by atoms with E-state index < -0.39 is 11.9 Å². The maximum Gasteiger partial charge on any atom is 0.328 e. The highest BCUT2D eigenvalue weighted by Gasteiger charge is 2.00. The first-order valence-corrected chi connectivity index (χ1v) is 4.99. The molecule has 0 aliphatic carbocycles. The lowest BCUT2D eigenvalue weighted by molar-refractivity contribution is -0.131. The third kappa shape index (κ3) is 4.37. The van der Waals surface area contributed by atoms with E-state index in [0.29, 0.717) is 6.54 Å². The molecule has 1 amide bonds. The lowest BCUT2D eigenvalue weighted by atomic mass is 10.4. The highest BCUT2D eigenvalue weighted by molar-refractivity contribution is 7.11. The summed E-state index contributed by atoms with van der Waals surface area (Å²) in [6.45, 7) is 2.24. The van der Waals surface area contributed by atoms with Crippen LogP contribution >= 0.6 is 11.3 Å². The first-order valence-electron chi connectivity index (χ1n) is 4.18. The fraction of sp³-hybridized carbons (Fsp3) is 0.222. The van der Waals surface area contributed by atoms with Crippen LogP contribution in [0.4, 0.5) is 0 Å². The van der Waals surface area contributed by atoms with Gasteiger partial charge in [0.05, 0.1) is 11.6 Å². The smallest absolute Gasteiger partial charge is 0.328 e. The number of carboxylic acids is 1. The summed E-state index contributed by atoms with van der Waals surface area (Å²) in [5, 5.41) is 11.8. The van der Waals surface area contributed by atoms with E-state index >= 15 is 0 Å². The quantitative estimate of drug-likeness (QED) is 0.741. The van der Waals surface area contributed by atoms with E-state index in [0.717, 1.165) is 22.0 Å². The van der Waals surface area contributed by atoms with Crippen molar-refractivity contribution in [2.24, 2.45) is 0 Å². The van der Waals surface area contributed by atoms with Gasteiger partial charge in [0.1, 0.15) is 0 Å². The summed E-state index contributed by atoms with van der Waals surface area (Å²) in [5.74, 6) is -1.57. The molecule has 6 heteroatoms. The molecule has 0 unspecified atom stereocenters. The van der Waals surface area contributed by atoms with Gasteiger partial charge < -0.3 is 10.4 Å². The van der Waals surface area contributed by atoms with Gasteiger partial charge in [-0.05, 0) is 6.92 Å². The molecule has 5 nitrogen and oxygen atoms in total. The van der Waals surface area contributed by atoms with Crippen LogP contribution in [0.5, 0.6) is 0 Å². The molecule has 1 heterocycles. The van der Waals surface area contributed by atoms with Crippen LogP contribution in [0.2, 0.25) is 0 Å². The second-order valence-electron chi connectivity index (χ2n) is 2.73. The number of aryl methyl sites for hydroxylation is 1. The van der Waals surface area contributed by atoms with Gasteiger partial charge in [-0.1, -0.05) is 0 Å². The number of thiazole rings is 1. The highest BCUT2D eigenvalue weighted by atomic mass is 32.1. The number of carboxylic acid groups (broad SMARTS) is 1. The van der Waals surface area contributed by atoms with Crippen molar-refractivity contribution in [1.82, 2.24) is 10.3 Å².